The van der Waals surface area contributed by atoms with Crippen LogP contribution in [0.5, 0.6) is 0 Å². The van der Waals surface area contributed by atoms with Crippen molar-refractivity contribution in [1.82, 2.24) is 14.5 Å². The number of pyridine rings is 1. The third kappa shape index (κ3) is 4.75. The van der Waals surface area contributed by atoms with Crippen LogP contribution in [0.2, 0.25) is 0 Å². The summed E-state index contributed by atoms with van der Waals surface area (Å²) in [6, 6.07) is 19.8. The Kier molecular flexibility index (Phi) is 7.13. The van der Waals surface area contributed by atoms with Crippen molar-refractivity contribution >= 4 is 34.3 Å². The molecule has 0 aliphatic carbocycles. The fourth-order valence-electron chi connectivity index (χ4n) is 4.17. The predicted molar refractivity (Wildman–Crippen MR) is 137 cm³/mol. The lowest BCUT2D eigenvalue weighted by molar-refractivity contribution is -0.137. The molecule has 2 heterocycles. The number of imidazole rings is 1. The van der Waals surface area contributed by atoms with E-state index in [-0.39, 0.29) is 11.6 Å². The van der Waals surface area contributed by atoms with E-state index in [4.69, 9.17) is 26.3 Å². The van der Waals surface area contributed by atoms with E-state index in [1.54, 1.807) is 6.92 Å². The number of esters is 1. The molecule has 0 N–H and O–H groups in total. The van der Waals surface area contributed by atoms with Gasteiger partial charge in [-0.1, -0.05) is 73.1 Å². The van der Waals surface area contributed by atoms with Crippen LogP contribution in [0.4, 0.5) is 0 Å². The molecule has 5 nitrogen and oxygen atoms in total. The first-order valence-electron chi connectivity index (χ1n) is 11.5. The second-order valence-electron chi connectivity index (χ2n) is 8.19. The molecule has 34 heavy (non-hydrogen) atoms. The van der Waals surface area contributed by atoms with E-state index in [2.05, 4.69) is 36.6 Å². The summed E-state index contributed by atoms with van der Waals surface area (Å²) in [5.74, 6) is 0.483. The molecule has 0 amide bonds. The van der Waals surface area contributed by atoms with E-state index in [0.717, 1.165) is 51.4 Å². The number of hydrogen-bond acceptors (Lipinski definition) is 4. The molecule has 0 radical (unpaired) electrons. The Balaban J connectivity index is 1.73. The van der Waals surface area contributed by atoms with Crippen molar-refractivity contribution in [2.75, 3.05) is 6.61 Å². The van der Waals surface area contributed by atoms with Gasteiger partial charge in [-0.2, -0.15) is 0 Å². The Labute approximate surface area is 205 Å². The predicted octanol–water partition coefficient (Wildman–Crippen LogP) is 6.22. The van der Waals surface area contributed by atoms with Crippen molar-refractivity contribution in [3.63, 3.8) is 0 Å². The van der Waals surface area contributed by atoms with Crippen LogP contribution in [0.25, 0.3) is 16.7 Å². The number of hydrogen-bond donors (Lipinski definition) is 0. The van der Waals surface area contributed by atoms with Crippen LogP contribution in [0, 0.1) is 13.8 Å². The van der Waals surface area contributed by atoms with Crippen LogP contribution in [-0.2, 0) is 22.5 Å². The van der Waals surface area contributed by atoms with Gasteiger partial charge >= 0.3 is 5.97 Å². The van der Waals surface area contributed by atoms with E-state index in [0.29, 0.717) is 12.1 Å². The number of rotatable bonds is 7. The number of benzene rings is 2. The van der Waals surface area contributed by atoms with Crippen LogP contribution in [-0.4, -0.2) is 27.1 Å². The van der Waals surface area contributed by atoms with Crippen LogP contribution >= 0.6 is 11.6 Å². The van der Waals surface area contributed by atoms with Crippen molar-refractivity contribution in [2.45, 2.75) is 40.7 Å². The summed E-state index contributed by atoms with van der Waals surface area (Å²) in [6.45, 7) is 8.88. The molecule has 6 heteroatoms. The second-order valence-corrected chi connectivity index (χ2v) is 8.57. The van der Waals surface area contributed by atoms with Gasteiger partial charge in [0, 0.05) is 17.7 Å². The highest BCUT2D eigenvalue weighted by atomic mass is 35.5. The highest BCUT2D eigenvalue weighted by Gasteiger charge is 2.18. The average Bonchev–Trinajstić information content (AvgIpc) is 3.18. The number of halogens is 1. The minimum Gasteiger partial charge on any atom is -0.462 e. The van der Waals surface area contributed by atoms with Crippen LogP contribution < -0.4 is 0 Å². The molecule has 2 aromatic heterocycles. The first-order chi connectivity index (χ1) is 16.4. The fourth-order valence-corrected chi connectivity index (χ4v) is 4.44. The minimum atomic E-state index is -0.526. The molecule has 0 saturated carbocycles. The number of nitrogens with zero attached hydrogens (tertiary/aromatic N) is 3. The molecule has 0 fully saturated rings. The smallest absolute Gasteiger partial charge is 0.350 e. The summed E-state index contributed by atoms with van der Waals surface area (Å²) in [4.78, 5) is 22.0. The Hall–Kier alpha value is -3.44. The van der Waals surface area contributed by atoms with Gasteiger partial charge in [0.15, 0.2) is 5.65 Å². The van der Waals surface area contributed by atoms with Crippen molar-refractivity contribution in [2.24, 2.45) is 0 Å². The maximum absolute atomic E-state index is 12.4. The van der Waals surface area contributed by atoms with Gasteiger partial charge < -0.3 is 9.30 Å². The first-order valence-corrected chi connectivity index (χ1v) is 11.9. The highest BCUT2D eigenvalue weighted by Crippen LogP contribution is 2.30. The summed E-state index contributed by atoms with van der Waals surface area (Å²) in [5.41, 5.74) is 7.46. The van der Waals surface area contributed by atoms with E-state index in [1.165, 1.54) is 0 Å². The molecule has 0 aliphatic rings. The van der Waals surface area contributed by atoms with Crippen LogP contribution in [0.3, 0.4) is 0 Å². The lowest BCUT2D eigenvalue weighted by Crippen LogP contribution is -2.07. The SMILES string of the molecule is CCOC(=O)C(Cl)=C(c1ccccc1)c1ccc(Cn2c(CC)nc3c(C)cc(C)nc32)cc1. The normalized spacial score (nSPS) is 12.0. The van der Waals surface area contributed by atoms with Gasteiger partial charge in [-0.05, 0) is 49.1 Å². The van der Waals surface area contributed by atoms with Gasteiger partial charge in [0.2, 0.25) is 0 Å². The molecule has 0 saturated heterocycles. The monoisotopic (exact) mass is 473 g/mol. The number of carbonyl (C=O) groups excluding carboxylic acids is 1. The lowest BCUT2D eigenvalue weighted by atomic mass is 9.96. The molecule has 0 bridgehead atoms. The maximum Gasteiger partial charge on any atom is 0.350 e. The number of aryl methyl sites for hydroxylation is 3. The Bertz CT molecular complexity index is 1360. The quantitative estimate of drug-likeness (QED) is 0.236. The Morgan fingerprint density at radius 3 is 2.29 bits per heavy atom. The zero-order valence-electron chi connectivity index (χ0n) is 19.9. The molecule has 0 spiro atoms. The van der Waals surface area contributed by atoms with E-state index >= 15 is 0 Å². The molecule has 174 valence electrons. The van der Waals surface area contributed by atoms with Gasteiger partial charge in [-0.25, -0.2) is 14.8 Å². The van der Waals surface area contributed by atoms with Crippen molar-refractivity contribution in [1.29, 1.82) is 0 Å². The average molecular weight is 474 g/mol. The molecule has 0 aliphatic heterocycles. The third-order valence-electron chi connectivity index (χ3n) is 5.74. The fraction of sp³-hybridized carbons (Fsp3) is 0.250. The summed E-state index contributed by atoms with van der Waals surface area (Å²) >= 11 is 6.52. The molecule has 4 rings (SSSR count). The number of aromatic nitrogens is 3. The van der Waals surface area contributed by atoms with E-state index < -0.39 is 5.97 Å². The summed E-state index contributed by atoms with van der Waals surface area (Å²) < 4.78 is 7.35. The zero-order valence-corrected chi connectivity index (χ0v) is 20.7. The van der Waals surface area contributed by atoms with Gasteiger partial charge in [0.1, 0.15) is 16.4 Å². The Morgan fingerprint density at radius 1 is 0.971 bits per heavy atom. The summed E-state index contributed by atoms with van der Waals surface area (Å²) in [5, 5.41) is 0.0739. The number of carbonyl (C=O) groups is 1. The van der Waals surface area contributed by atoms with Gasteiger partial charge in [-0.15, -0.1) is 0 Å². The van der Waals surface area contributed by atoms with E-state index in [9.17, 15) is 4.79 Å². The third-order valence-corrected chi connectivity index (χ3v) is 6.08. The summed E-state index contributed by atoms with van der Waals surface area (Å²) in [6.07, 6.45) is 0.822. The molecule has 2 aromatic carbocycles. The van der Waals surface area contributed by atoms with Crippen molar-refractivity contribution in [3.05, 3.63) is 99.5 Å². The molecular formula is C28H28ClN3O2. The first kappa shape index (κ1) is 23.7. The second kappa shape index (κ2) is 10.2. The number of ether oxygens (including phenoxy) is 1. The maximum atomic E-state index is 12.4. The molecule has 0 atom stereocenters. The van der Waals surface area contributed by atoms with Gasteiger partial charge in [0.05, 0.1) is 13.2 Å². The van der Waals surface area contributed by atoms with Gasteiger partial charge in [0.25, 0.3) is 0 Å². The van der Waals surface area contributed by atoms with Crippen molar-refractivity contribution in [3.8, 4) is 0 Å². The lowest BCUT2D eigenvalue weighted by Gasteiger charge is -2.13. The zero-order chi connectivity index (χ0) is 24.2. The summed E-state index contributed by atoms with van der Waals surface area (Å²) in [7, 11) is 0. The molecule has 0 unspecified atom stereocenters. The standard InChI is InChI=1S/C28H28ClN3O2/c1-5-23-31-26-18(3)16-19(4)30-27(26)32(23)17-20-12-14-22(15-13-20)24(21-10-8-7-9-11-21)25(29)28(33)34-6-2/h7-16H,5-6,17H2,1-4H3. The minimum absolute atomic E-state index is 0.0739. The van der Waals surface area contributed by atoms with Crippen LogP contribution in [0.1, 0.15) is 47.6 Å². The molecule has 4 aromatic rings. The van der Waals surface area contributed by atoms with Gasteiger partial charge in [-0.3, -0.25) is 0 Å². The van der Waals surface area contributed by atoms with Crippen LogP contribution in [0.15, 0.2) is 65.7 Å². The van der Waals surface area contributed by atoms with Crippen molar-refractivity contribution < 1.29 is 9.53 Å². The molecular weight excluding hydrogens is 446 g/mol. The Morgan fingerprint density at radius 2 is 1.65 bits per heavy atom. The largest absolute Gasteiger partial charge is 0.462 e. The number of fused-ring (bicyclic) bond motifs is 1. The topological polar surface area (TPSA) is 57.0 Å². The highest BCUT2D eigenvalue weighted by molar-refractivity contribution is 6.45. The van der Waals surface area contributed by atoms with E-state index in [1.807, 2.05) is 49.4 Å².